The number of nitrogens with zero attached hydrogens (tertiary/aromatic N) is 3. The minimum atomic E-state index is -0.392. The van der Waals surface area contributed by atoms with Gasteiger partial charge in [0.15, 0.2) is 5.96 Å². The van der Waals surface area contributed by atoms with Crippen LogP contribution in [0.4, 0.5) is 5.69 Å². The van der Waals surface area contributed by atoms with E-state index < -0.39 is 4.92 Å². The van der Waals surface area contributed by atoms with Gasteiger partial charge in [-0.1, -0.05) is 42.5 Å². The first-order valence-electron chi connectivity index (χ1n) is 10.7. The Morgan fingerprint density at radius 2 is 1.84 bits per heavy atom. The van der Waals surface area contributed by atoms with Crippen molar-refractivity contribution in [1.82, 2.24) is 15.5 Å². The van der Waals surface area contributed by atoms with Crippen molar-refractivity contribution in [2.75, 3.05) is 33.4 Å². The zero-order valence-corrected chi connectivity index (χ0v) is 18.0. The van der Waals surface area contributed by atoms with Crippen molar-refractivity contribution < 1.29 is 9.66 Å². The molecule has 0 radical (unpaired) electrons. The van der Waals surface area contributed by atoms with Gasteiger partial charge in [-0.05, 0) is 24.0 Å². The molecule has 166 valence electrons. The molecule has 8 nitrogen and oxygen atoms in total. The van der Waals surface area contributed by atoms with E-state index in [1.807, 2.05) is 6.07 Å². The molecule has 0 atom stereocenters. The van der Waals surface area contributed by atoms with E-state index in [2.05, 4.69) is 44.8 Å². The molecule has 1 aliphatic heterocycles. The summed E-state index contributed by atoms with van der Waals surface area (Å²) in [4.78, 5) is 17.6. The van der Waals surface area contributed by atoms with E-state index in [0.29, 0.717) is 25.7 Å². The summed E-state index contributed by atoms with van der Waals surface area (Å²) in [7, 11) is 1.67. The summed E-state index contributed by atoms with van der Waals surface area (Å²) in [5.74, 6) is 0.747. The summed E-state index contributed by atoms with van der Waals surface area (Å²) in [6, 6.07) is 17.4. The summed E-state index contributed by atoms with van der Waals surface area (Å²) < 4.78 is 5.14. The number of piperidine rings is 1. The fraction of sp³-hybridized carbons (Fsp3) is 0.435. The normalized spacial score (nSPS) is 15.6. The van der Waals surface area contributed by atoms with Crippen LogP contribution in [0.1, 0.15) is 24.0 Å². The Bertz CT molecular complexity index is 834. The Labute approximate surface area is 183 Å². The van der Waals surface area contributed by atoms with Crippen LogP contribution >= 0.6 is 0 Å². The van der Waals surface area contributed by atoms with Crippen molar-refractivity contribution >= 4 is 11.6 Å². The molecule has 1 saturated heterocycles. The molecular weight excluding hydrogens is 394 g/mol. The molecule has 1 aliphatic rings. The fourth-order valence-electron chi connectivity index (χ4n) is 3.59. The molecule has 0 amide bonds. The van der Waals surface area contributed by atoms with Gasteiger partial charge in [-0.25, -0.2) is 4.99 Å². The van der Waals surface area contributed by atoms with Gasteiger partial charge < -0.3 is 15.4 Å². The summed E-state index contributed by atoms with van der Waals surface area (Å²) >= 11 is 0. The predicted octanol–water partition coefficient (Wildman–Crippen LogP) is 2.94. The number of likely N-dealkylation sites (tertiary alicyclic amines) is 1. The third-order valence-electron chi connectivity index (χ3n) is 5.34. The van der Waals surface area contributed by atoms with Crippen molar-refractivity contribution in [3.05, 3.63) is 75.8 Å². The fourth-order valence-corrected chi connectivity index (χ4v) is 3.59. The molecule has 1 fully saturated rings. The summed E-state index contributed by atoms with van der Waals surface area (Å²) in [6.07, 6.45) is 2.10. The molecule has 0 bridgehead atoms. The van der Waals surface area contributed by atoms with Crippen molar-refractivity contribution in [2.24, 2.45) is 4.99 Å². The van der Waals surface area contributed by atoms with Crippen LogP contribution in [0.3, 0.4) is 0 Å². The van der Waals surface area contributed by atoms with Crippen LogP contribution in [0.25, 0.3) is 0 Å². The van der Waals surface area contributed by atoms with Crippen LogP contribution < -0.4 is 10.6 Å². The van der Waals surface area contributed by atoms with Gasteiger partial charge >= 0.3 is 0 Å². The lowest BCUT2D eigenvalue weighted by Crippen LogP contribution is -2.49. The van der Waals surface area contributed by atoms with Gasteiger partial charge in [-0.15, -0.1) is 0 Å². The molecular formula is C23H31N5O3. The van der Waals surface area contributed by atoms with Gasteiger partial charge in [0.25, 0.3) is 5.69 Å². The monoisotopic (exact) mass is 425 g/mol. The van der Waals surface area contributed by atoms with E-state index in [1.54, 1.807) is 19.2 Å². The molecule has 1 heterocycles. The first-order valence-corrected chi connectivity index (χ1v) is 10.7. The molecule has 0 unspecified atom stereocenters. The maximum atomic E-state index is 10.8. The van der Waals surface area contributed by atoms with Gasteiger partial charge in [0, 0.05) is 51.5 Å². The number of benzene rings is 2. The molecule has 2 N–H and O–H groups in total. The number of hydrogen-bond donors (Lipinski definition) is 2. The molecule has 31 heavy (non-hydrogen) atoms. The second-order valence-electron chi connectivity index (χ2n) is 7.69. The number of guanidine groups is 1. The van der Waals surface area contributed by atoms with Gasteiger partial charge in [0.1, 0.15) is 0 Å². The van der Waals surface area contributed by atoms with Crippen LogP contribution in [-0.2, 0) is 17.8 Å². The van der Waals surface area contributed by atoms with Crippen LogP contribution in [0.5, 0.6) is 0 Å². The molecule has 0 aromatic heterocycles. The zero-order chi connectivity index (χ0) is 21.9. The minimum absolute atomic E-state index is 0.0894. The van der Waals surface area contributed by atoms with E-state index in [9.17, 15) is 10.1 Å². The third-order valence-corrected chi connectivity index (χ3v) is 5.34. The smallest absolute Gasteiger partial charge is 0.269 e. The number of nitro benzene ring substituents is 1. The number of methoxy groups -OCH3 is 1. The molecule has 0 saturated carbocycles. The number of aliphatic imine (C=N–C) groups is 1. The molecule has 2 aromatic rings. The summed E-state index contributed by atoms with van der Waals surface area (Å²) in [5, 5.41) is 17.7. The minimum Gasteiger partial charge on any atom is -0.383 e. The van der Waals surface area contributed by atoms with Gasteiger partial charge in [0.2, 0.25) is 0 Å². The average molecular weight is 426 g/mol. The lowest BCUT2D eigenvalue weighted by Gasteiger charge is -2.33. The lowest BCUT2D eigenvalue weighted by atomic mass is 10.0. The quantitative estimate of drug-likeness (QED) is 0.211. The van der Waals surface area contributed by atoms with E-state index in [4.69, 9.17) is 4.74 Å². The second-order valence-corrected chi connectivity index (χ2v) is 7.69. The Balaban J connectivity index is 1.52. The van der Waals surface area contributed by atoms with Crippen molar-refractivity contribution in [1.29, 1.82) is 0 Å². The Morgan fingerprint density at radius 3 is 2.48 bits per heavy atom. The first kappa shape index (κ1) is 22.7. The van der Waals surface area contributed by atoms with Crippen LogP contribution in [0.2, 0.25) is 0 Å². The third kappa shape index (κ3) is 7.66. The molecule has 8 heteroatoms. The van der Waals surface area contributed by atoms with Crippen molar-refractivity contribution in [2.45, 2.75) is 32.0 Å². The van der Waals surface area contributed by atoms with Gasteiger partial charge in [-0.3, -0.25) is 15.0 Å². The van der Waals surface area contributed by atoms with Crippen molar-refractivity contribution in [3.8, 4) is 0 Å². The van der Waals surface area contributed by atoms with E-state index in [1.165, 1.54) is 17.7 Å². The number of non-ortho nitro benzene ring substituents is 1. The zero-order valence-electron chi connectivity index (χ0n) is 18.0. The highest BCUT2D eigenvalue weighted by atomic mass is 16.6. The number of hydrogen-bond acceptors (Lipinski definition) is 5. The predicted molar refractivity (Wildman–Crippen MR) is 122 cm³/mol. The lowest BCUT2D eigenvalue weighted by molar-refractivity contribution is -0.384. The molecule has 0 spiro atoms. The maximum absolute atomic E-state index is 10.8. The van der Waals surface area contributed by atoms with Crippen LogP contribution in [0.15, 0.2) is 59.6 Å². The first-order chi connectivity index (χ1) is 15.1. The molecule has 2 aromatic carbocycles. The SMILES string of the molecule is COCCNC(=NCc1ccc([N+](=O)[O-])cc1)NC1CCN(Cc2ccccc2)CC1. The topological polar surface area (TPSA) is 92.0 Å². The largest absolute Gasteiger partial charge is 0.383 e. The Hall–Kier alpha value is -2.97. The number of ether oxygens (including phenoxy) is 1. The maximum Gasteiger partial charge on any atom is 0.269 e. The van der Waals surface area contributed by atoms with E-state index in [-0.39, 0.29) is 5.69 Å². The average Bonchev–Trinajstić information content (AvgIpc) is 2.79. The van der Waals surface area contributed by atoms with Crippen LogP contribution in [-0.4, -0.2) is 55.2 Å². The standard InChI is InChI=1S/C23H31N5O3/c1-31-16-13-24-23(25-17-19-7-9-22(10-8-19)28(29)30)26-21-11-14-27(15-12-21)18-20-5-3-2-4-6-20/h2-10,21H,11-18H2,1H3,(H2,24,25,26). The van der Waals surface area contributed by atoms with Crippen molar-refractivity contribution in [3.63, 3.8) is 0 Å². The molecule has 3 rings (SSSR count). The van der Waals surface area contributed by atoms with E-state index in [0.717, 1.165) is 44.0 Å². The number of rotatable bonds is 9. The molecule has 0 aliphatic carbocycles. The highest BCUT2D eigenvalue weighted by molar-refractivity contribution is 5.80. The van der Waals surface area contributed by atoms with E-state index >= 15 is 0 Å². The summed E-state index contributed by atoms with van der Waals surface area (Å²) in [5.41, 5.74) is 2.36. The highest BCUT2D eigenvalue weighted by Crippen LogP contribution is 2.15. The van der Waals surface area contributed by atoms with Gasteiger partial charge in [0.05, 0.1) is 18.1 Å². The van der Waals surface area contributed by atoms with Gasteiger partial charge in [-0.2, -0.15) is 0 Å². The Kier molecular flexibility index (Phi) is 8.81. The summed E-state index contributed by atoms with van der Waals surface area (Å²) in [6.45, 7) is 4.78. The Morgan fingerprint density at radius 1 is 1.13 bits per heavy atom. The number of nitrogens with one attached hydrogen (secondary N) is 2. The van der Waals surface area contributed by atoms with Crippen LogP contribution in [0, 0.1) is 10.1 Å². The second kappa shape index (κ2) is 12.0. The highest BCUT2D eigenvalue weighted by Gasteiger charge is 2.20. The number of nitro groups is 1.